The number of benzene rings is 2. The van der Waals surface area contributed by atoms with Crippen LogP contribution in [0.5, 0.6) is 11.5 Å². The van der Waals surface area contributed by atoms with Gasteiger partial charge in [-0.25, -0.2) is 4.79 Å². The summed E-state index contributed by atoms with van der Waals surface area (Å²) in [6.07, 6.45) is 1.67. The largest absolute Gasteiger partial charge is 0.497 e. The molecule has 1 aliphatic rings. The second-order valence-corrected chi connectivity index (χ2v) is 7.98. The molecular formula is C21H19BrO4. The van der Waals surface area contributed by atoms with E-state index in [0.717, 1.165) is 39.6 Å². The highest BCUT2D eigenvalue weighted by Gasteiger charge is 2.30. The smallest absolute Gasteiger partial charge is 0.344 e. The number of hydrogen-bond donors (Lipinski definition) is 0. The van der Waals surface area contributed by atoms with Crippen LogP contribution in [0, 0.1) is 0 Å². The van der Waals surface area contributed by atoms with Gasteiger partial charge in [0, 0.05) is 10.9 Å². The van der Waals surface area contributed by atoms with E-state index in [4.69, 9.17) is 13.9 Å². The van der Waals surface area contributed by atoms with Gasteiger partial charge in [0.2, 0.25) is 0 Å². The molecule has 0 saturated heterocycles. The van der Waals surface area contributed by atoms with E-state index >= 15 is 0 Å². The Hall–Kier alpha value is -2.27. The Balaban J connectivity index is 1.93. The van der Waals surface area contributed by atoms with Crippen LogP contribution >= 0.6 is 15.9 Å². The third kappa shape index (κ3) is 2.90. The van der Waals surface area contributed by atoms with Gasteiger partial charge in [-0.2, -0.15) is 0 Å². The summed E-state index contributed by atoms with van der Waals surface area (Å²) in [5, 5.41) is 0.872. The van der Waals surface area contributed by atoms with E-state index in [0.29, 0.717) is 16.9 Å². The van der Waals surface area contributed by atoms with Crippen molar-refractivity contribution in [1.29, 1.82) is 0 Å². The van der Waals surface area contributed by atoms with E-state index in [1.807, 2.05) is 36.4 Å². The van der Waals surface area contributed by atoms with E-state index in [9.17, 15) is 4.79 Å². The number of aryl methyl sites for hydroxylation is 1. The number of rotatable bonds is 2. The van der Waals surface area contributed by atoms with Gasteiger partial charge >= 0.3 is 5.63 Å². The zero-order valence-corrected chi connectivity index (χ0v) is 16.5. The van der Waals surface area contributed by atoms with Gasteiger partial charge in [0.25, 0.3) is 0 Å². The Labute approximate surface area is 159 Å². The summed E-state index contributed by atoms with van der Waals surface area (Å²) in [4.78, 5) is 12.7. The van der Waals surface area contributed by atoms with E-state index in [1.165, 1.54) is 0 Å². The molecule has 4 nitrogen and oxygen atoms in total. The lowest BCUT2D eigenvalue weighted by atomic mass is 9.93. The first-order chi connectivity index (χ1) is 12.4. The molecule has 0 spiro atoms. The van der Waals surface area contributed by atoms with Crippen LogP contribution in [-0.4, -0.2) is 12.7 Å². The van der Waals surface area contributed by atoms with Crippen molar-refractivity contribution in [2.75, 3.05) is 7.11 Å². The summed E-state index contributed by atoms with van der Waals surface area (Å²) in [5.74, 6) is 1.47. The quantitative estimate of drug-likeness (QED) is 0.531. The lowest BCUT2D eigenvalue weighted by Crippen LogP contribution is -2.32. The zero-order chi connectivity index (χ0) is 18.5. The number of halogens is 1. The molecule has 2 heterocycles. The Morgan fingerprint density at radius 2 is 2.00 bits per heavy atom. The normalized spacial score (nSPS) is 15.4. The Morgan fingerprint density at radius 3 is 2.77 bits per heavy atom. The molecule has 1 aliphatic heterocycles. The van der Waals surface area contributed by atoms with Crippen molar-refractivity contribution in [2.24, 2.45) is 0 Å². The highest BCUT2D eigenvalue weighted by molar-refractivity contribution is 9.10. The van der Waals surface area contributed by atoms with Gasteiger partial charge in [-0.05, 0) is 72.4 Å². The Kier molecular flexibility index (Phi) is 4.07. The third-order valence-electron chi connectivity index (χ3n) is 4.76. The lowest BCUT2D eigenvalue weighted by Gasteiger charge is -2.33. The van der Waals surface area contributed by atoms with Crippen molar-refractivity contribution < 1.29 is 13.9 Å². The molecule has 0 unspecified atom stereocenters. The molecule has 0 fully saturated rings. The topological polar surface area (TPSA) is 48.7 Å². The standard InChI is InChI=1S/C21H19BrO4/c1-21(2)8-7-15-18-13(11-17(22)19(15)26-21)10-16(20(23)25-18)12-5-4-6-14(9-12)24-3/h4-6,9-11H,7-8H2,1-3H3. The third-order valence-corrected chi connectivity index (χ3v) is 5.35. The number of fused-ring (bicyclic) bond motifs is 3. The average molecular weight is 415 g/mol. The fraction of sp³-hybridized carbons (Fsp3) is 0.286. The maximum absolute atomic E-state index is 12.7. The highest BCUT2D eigenvalue weighted by atomic mass is 79.9. The fourth-order valence-electron chi connectivity index (χ4n) is 3.36. The molecule has 0 amide bonds. The lowest BCUT2D eigenvalue weighted by molar-refractivity contribution is 0.0838. The molecule has 0 saturated carbocycles. The van der Waals surface area contributed by atoms with Gasteiger partial charge in [-0.15, -0.1) is 0 Å². The minimum atomic E-state index is -0.361. The van der Waals surface area contributed by atoms with Crippen LogP contribution in [0.4, 0.5) is 0 Å². The number of hydrogen-bond acceptors (Lipinski definition) is 4. The van der Waals surface area contributed by atoms with Crippen molar-refractivity contribution >= 4 is 26.9 Å². The van der Waals surface area contributed by atoms with Crippen molar-refractivity contribution in [3.05, 3.63) is 56.9 Å². The molecule has 0 aliphatic carbocycles. The maximum Gasteiger partial charge on any atom is 0.344 e. The Bertz CT molecular complexity index is 1070. The molecule has 0 radical (unpaired) electrons. The van der Waals surface area contributed by atoms with Crippen molar-refractivity contribution in [1.82, 2.24) is 0 Å². The SMILES string of the molecule is COc1cccc(-c2cc3cc(Br)c4c(c3oc2=O)CCC(C)(C)O4)c1. The summed E-state index contributed by atoms with van der Waals surface area (Å²) in [6.45, 7) is 4.13. The zero-order valence-electron chi connectivity index (χ0n) is 14.9. The van der Waals surface area contributed by atoms with Crippen LogP contribution in [0.25, 0.3) is 22.1 Å². The first-order valence-electron chi connectivity index (χ1n) is 8.51. The van der Waals surface area contributed by atoms with E-state index < -0.39 is 0 Å². The average Bonchev–Trinajstić information content (AvgIpc) is 2.61. The van der Waals surface area contributed by atoms with Crippen LogP contribution < -0.4 is 15.1 Å². The molecular weight excluding hydrogens is 396 g/mol. The fourth-order valence-corrected chi connectivity index (χ4v) is 3.93. The summed E-state index contributed by atoms with van der Waals surface area (Å²) >= 11 is 3.61. The van der Waals surface area contributed by atoms with E-state index in [2.05, 4.69) is 29.8 Å². The number of ether oxygens (including phenoxy) is 2. The molecule has 0 N–H and O–H groups in total. The summed E-state index contributed by atoms with van der Waals surface area (Å²) in [7, 11) is 1.60. The maximum atomic E-state index is 12.7. The first kappa shape index (κ1) is 17.2. The Morgan fingerprint density at radius 1 is 1.19 bits per heavy atom. The predicted molar refractivity (Wildman–Crippen MR) is 105 cm³/mol. The van der Waals surface area contributed by atoms with Gasteiger partial charge in [0.15, 0.2) is 0 Å². The summed E-state index contributed by atoms with van der Waals surface area (Å²) < 4.78 is 18.0. The van der Waals surface area contributed by atoms with Crippen LogP contribution in [0.1, 0.15) is 25.8 Å². The van der Waals surface area contributed by atoms with Gasteiger partial charge in [0.1, 0.15) is 22.7 Å². The second-order valence-electron chi connectivity index (χ2n) is 7.13. The van der Waals surface area contributed by atoms with Gasteiger partial charge in [-0.1, -0.05) is 12.1 Å². The highest BCUT2D eigenvalue weighted by Crippen LogP contribution is 2.43. The monoisotopic (exact) mass is 414 g/mol. The summed E-state index contributed by atoms with van der Waals surface area (Å²) in [6, 6.07) is 11.2. The van der Waals surface area contributed by atoms with Crippen molar-refractivity contribution in [2.45, 2.75) is 32.3 Å². The van der Waals surface area contributed by atoms with Crippen LogP contribution in [0.3, 0.4) is 0 Å². The van der Waals surface area contributed by atoms with Crippen molar-refractivity contribution in [3.63, 3.8) is 0 Å². The minimum Gasteiger partial charge on any atom is -0.497 e. The molecule has 5 heteroatoms. The van der Waals surface area contributed by atoms with Gasteiger partial charge in [0.05, 0.1) is 17.1 Å². The molecule has 134 valence electrons. The van der Waals surface area contributed by atoms with E-state index in [1.54, 1.807) is 7.11 Å². The first-order valence-corrected chi connectivity index (χ1v) is 9.30. The molecule has 2 aromatic carbocycles. The van der Waals surface area contributed by atoms with Crippen LogP contribution in [-0.2, 0) is 6.42 Å². The molecule has 1 aromatic heterocycles. The second kappa shape index (κ2) is 6.16. The van der Waals surface area contributed by atoms with Crippen molar-refractivity contribution in [3.8, 4) is 22.6 Å². The van der Waals surface area contributed by atoms with Crippen LogP contribution in [0.15, 0.2) is 50.1 Å². The summed E-state index contributed by atoms with van der Waals surface area (Å²) in [5.41, 5.74) is 2.24. The predicted octanol–water partition coefficient (Wildman–Crippen LogP) is 5.33. The molecule has 3 aromatic rings. The molecule has 4 rings (SSSR count). The van der Waals surface area contributed by atoms with Crippen LogP contribution in [0.2, 0.25) is 0 Å². The van der Waals surface area contributed by atoms with E-state index in [-0.39, 0.29) is 11.2 Å². The molecule has 0 bridgehead atoms. The van der Waals surface area contributed by atoms with Gasteiger partial charge in [-0.3, -0.25) is 0 Å². The molecule has 26 heavy (non-hydrogen) atoms. The van der Waals surface area contributed by atoms with Gasteiger partial charge < -0.3 is 13.9 Å². The number of methoxy groups -OCH3 is 1. The minimum absolute atomic E-state index is 0.232. The molecule has 0 atom stereocenters.